The number of piperazine rings is 1. The van der Waals surface area contributed by atoms with Gasteiger partial charge in [-0.25, -0.2) is 0 Å². The van der Waals surface area contributed by atoms with Crippen LogP contribution in [0.4, 0.5) is 11.4 Å². The third-order valence-corrected chi connectivity index (χ3v) is 8.58. The molecule has 42 heavy (non-hydrogen) atoms. The number of benzene rings is 3. The summed E-state index contributed by atoms with van der Waals surface area (Å²) in [6.07, 6.45) is 1.04. The number of nitrogens with zero attached hydrogens (tertiary/aromatic N) is 3. The number of carbonyl (C=O) groups is 3. The van der Waals surface area contributed by atoms with E-state index in [1.165, 1.54) is 0 Å². The second-order valence-corrected chi connectivity index (χ2v) is 11.6. The Labute approximate surface area is 256 Å². The highest BCUT2D eigenvalue weighted by molar-refractivity contribution is 6.34. The number of anilines is 2. The molecule has 5 rings (SSSR count). The van der Waals surface area contributed by atoms with Gasteiger partial charge in [0, 0.05) is 56.0 Å². The highest BCUT2D eigenvalue weighted by Crippen LogP contribution is 2.41. The maximum Gasteiger partial charge on any atom is 0.260 e. The molecule has 0 spiro atoms. The van der Waals surface area contributed by atoms with Gasteiger partial charge in [0.25, 0.3) is 11.8 Å². The quantitative estimate of drug-likeness (QED) is 0.376. The second kappa shape index (κ2) is 13.3. The van der Waals surface area contributed by atoms with Crippen LogP contribution in [-0.4, -0.2) is 74.1 Å². The van der Waals surface area contributed by atoms with Crippen molar-refractivity contribution in [1.29, 1.82) is 0 Å². The second-order valence-electron chi connectivity index (χ2n) is 10.7. The SMILES string of the molecule is COC1CCC(CC(=O)N2CCN(C)CC2)c2cc(Cl)ccc2N1C(=O)c1ccc(NC(=O)c2ccccc2Cl)cc1. The molecule has 0 saturated carbocycles. The number of methoxy groups -OCH3 is 1. The molecular formula is C32H34Cl2N4O4. The normalized spacial score (nSPS) is 19.1. The van der Waals surface area contributed by atoms with Crippen molar-refractivity contribution in [3.63, 3.8) is 0 Å². The van der Waals surface area contributed by atoms with Crippen molar-refractivity contribution in [2.75, 3.05) is 50.6 Å². The highest BCUT2D eigenvalue weighted by atomic mass is 35.5. The van der Waals surface area contributed by atoms with Gasteiger partial charge in [-0.1, -0.05) is 35.3 Å². The van der Waals surface area contributed by atoms with Gasteiger partial charge in [0.05, 0.1) is 16.3 Å². The molecule has 2 atom stereocenters. The molecule has 0 aliphatic carbocycles. The molecule has 0 aromatic heterocycles. The first-order valence-corrected chi connectivity index (χ1v) is 14.8. The van der Waals surface area contributed by atoms with Gasteiger partial charge in [0.2, 0.25) is 5.91 Å². The Kier molecular flexibility index (Phi) is 9.48. The minimum absolute atomic E-state index is 0.108. The summed E-state index contributed by atoms with van der Waals surface area (Å²) in [4.78, 5) is 45.8. The molecule has 10 heteroatoms. The number of hydrogen-bond donors (Lipinski definition) is 1. The fourth-order valence-electron chi connectivity index (χ4n) is 5.61. The molecule has 2 heterocycles. The molecule has 220 valence electrons. The number of nitrogens with one attached hydrogen (secondary N) is 1. The van der Waals surface area contributed by atoms with Crippen LogP contribution >= 0.6 is 23.2 Å². The Morgan fingerprint density at radius 1 is 0.929 bits per heavy atom. The molecule has 1 N–H and O–H groups in total. The minimum atomic E-state index is -0.527. The molecule has 1 saturated heterocycles. The van der Waals surface area contributed by atoms with E-state index in [9.17, 15) is 14.4 Å². The van der Waals surface area contributed by atoms with Crippen molar-refractivity contribution in [3.8, 4) is 0 Å². The van der Waals surface area contributed by atoms with E-state index in [1.807, 2.05) is 17.0 Å². The summed E-state index contributed by atoms with van der Waals surface area (Å²) in [7, 11) is 3.65. The van der Waals surface area contributed by atoms with Crippen molar-refractivity contribution in [1.82, 2.24) is 9.80 Å². The summed E-state index contributed by atoms with van der Waals surface area (Å²) in [5.74, 6) is -0.582. The number of likely N-dealkylation sites (N-methyl/N-ethyl adjacent to an activating group) is 1. The average molecular weight is 610 g/mol. The molecule has 2 aliphatic heterocycles. The first kappa shape index (κ1) is 30.0. The molecular weight excluding hydrogens is 575 g/mol. The van der Waals surface area contributed by atoms with Crippen molar-refractivity contribution in [3.05, 3.63) is 93.5 Å². The number of ether oxygens (including phenoxy) is 1. The van der Waals surface area contributed by atoms with Crippen molar-refractivity contribution in [2.45, 2.75) is 31.4 Å². The average Bonchev–Trinajstić information content (AvgIpc) is 3.14. The summed E-state index contributed by atoms with van der Waals surface area (Å²) in [6.45, 7) is 3.14. The smallest absolute Gasteiger partial charge is 0.260 e. The number of hydrogen-bond acceptors (Lipinski definition) is 5. The van der Waals surface area contributed by atoms with Crippen molar-refractivity contribution >= 4 is 52.3 Å². The number of amides is 3. The first-order chi connectivity index (χ1) is 20.2. The van der Waals surface area contributed by atoms with E-state index in [0.717, 1.165) is 18.7 Å². The molecule has 1 fully saturated rings. The summed E-state index contributed by atoms with van der Waals surface area (Å²) in [6, 6.07) is 19.0. The van der Waals surface area contributed by atoms with E-state index in [0.29, 0.717) is 64.9 Å². The van der Waals surface area contributed by atoms with Crippen LogP contribution in [0.3, 0.4) is 0 Å². The molecule has 2 aliphatic rings. The number of rotatable bonds is 6. The Morgan fingerprint density at radius 2 is 1.64 bits per heavy atom. The standard InChI is InChI=1S/C32H34Cl2N4O4/c1-36-15-17-37(18-16-36)29(39)19-22-9-14-30(42-2)38(28-13-10-23(33)20-26(22)28)32(41)21-7-11-24(12-8-21)35-31(40)25-5-3-4-6-27(25)34/h3-8,10-13,20,22,30H,9,14-19H2,1-2H3,(H,35,40). The van der Waals surface area contributed by atoms with Gasteiger partial charge in [0.15, 0.2) is 0 Å². The summed E-state index contributed by atoms with van der Waals surface area (Å²) in [5.41, 5.74) is 2.87. The maximum atomic E-state index is 14.0. The number of fused-ring (bicyclic) bond motifs is 1. The van der Waals surface area contributed by atoms with Crippen LogP contribution in [0.15, 0.2) is 66.7 Å². The van der Waals surface area contributed by atoms with E-state index < -0.39 is 6.23 Å². The molecule has 8 nitrogen and oxygen atoms in total. The Bertz CT molecular complexity index is 1460. The van der Waals surface area contributed by atoms with Gasteiger partial charge in [0.1, 0.15) is 6.23 Å². The minimum Gasteiger partial charge on any atom is -0.361 e. The first-order valence-electron chi connectivity index (χ1n) is 14.0. The lowest BCUT2D eigenvalue weighted by molar-refractivity contribution is -0.133. The zero-order valence-corrected chi connectivity index (χ0v) is 25.2. The summed E-state index contributed by atoms with van der Waals surface area (Å²) in [5, 5.41) is 3.73. The predicted molar refractivity (Wildman–Crippen MR) is 166 cm³/mol. The molecule has 0 bridgehead atoms. The third-order valence-electron chi connectivity index (χ3n) is 8.02. The molecule has 0 radical (unpaired) electrons. The molecule has 3 aromatic rings. The van der Waals surface area contributed by atoms with Crippen molar-refractivity contribution < 1.29 is 19.1 Å². The number of carbonyl (C=O) groups excluding carboxylic acids is 3. The lowest BCUT2D eigenvalue weighted by atomic mass is 9.90. The van der Waals surface area contributed by atoms with Gasteiger partial charge in [-0.3, -0.25) is 19.3 Å². The monoisotopic (exact) mass is 608 g/mol. The Balaban J connectivity index is 1.38. The molecule has 3 amide bonds. The molecule has 3 aromatic carbocycles. The lowest BCUT2D eigenvalue weighted by Crippen LogP contribution is -2.47. The fraction of sp³-hybridized carbons (Fsp3) is 0.344. The fourth-order valence-corrected chi connectivity index (χ4v) is 6.01. The topological polar surface area (TPSA) is 82.2 Å². The Morgan fingerprint density at radius 3 is 2.33 bits per heavy atom. The number of halogens is 2. The molecule has 2 unspecified atom stereocenters. The van der Waals surface area contributed by atoms with E-state index >= 15 is 0 Å². The van der Waals surface area contributed by atoms with Gasteiger partial charge in [-0.15, -0.1) is 0 Å². The van der Waals surface area contributed by atoms with Crippen LogP contribution in [0.2, 0.25) is 10.0 Å². The zero-order chi connectivity index (χ0) is 29.8. The van der Waals surface area contributed by atoms with Gasteiger partial charge < -0.3 is 19.9 Å². The van der Waals surface area contributed by atoms with E-state index in [2.05, 4.69) is 17.3 Å². The van der Waals surface area contributed by atoms with Crippen LogP contribution in [0, 0.1) is 0 Å². The third kappa shape index (κ3) is 6.63. The summed E-state index contributed by atoms with van der Waals surface area (Å²) >= 11 is 12.6. The van der Waals surface area contributed by atoms with Gasteiger partial charge >= 0.3 is 0 Å². The largest absolute Gasteiger partial charge is 0.361 e. The van der Waals surface area contributed by atoms with E-state index in [-0.39, 0.29) is 23.6 Å². The van der Waals surface area contributed by atoms with Crippen molar-refractivity contribution in [2.24, 2.45) is 0 Å². The van der Waals surface area contributed by atoms with E-state index in [4.69, 9.17) is 27.9 Å². The highest BCUT2D eigenvalue weighted by Gasteiger charge is 2.35. The van der Waals surface area contributed by atoms with Gasteiger partial charge in [-0.2, -0.15) is 0 Å². The van der Waals surface area contributed by atoms with Crippen LogP contribution in [0.25, 0.3) is 0 Å². The van der Waals surface area contributed by atoms with Crippen LogP contribution in [0.1, 0.15) is 51.5 Å². The Hall–Kier alpha value is -3.43. The van der Waals surface area contributed by atoms with Crippen LogP contribution < -0.4 is 10.2 Å². The summed E-state index contributed by atoms with van der Waals surface area (Å²) < 4.78 is 5.83. The van der Waals surface area contributed by atoms with Crippen LogP contribution in [-0.2, 0) is 9.53 Å². The van der Waals surface area contributed by atoms with Crippen LogP contribution in [0.5, 0.6) is 0 Å². The zero-order valence-electron chi connectivity index (χ0n) is 23.7. The predicted octanol–water partition coefficient (Wildman–Crippen LogP) is 5.91. The maximum absolute atomic E-state index is 14.0. The van der Waals surface area contributed by atoms with Gasteiger partial charge in [-0.05, 0) is 86.0 Å². The van der Waals surface area contributed by atoms with E-state index in [1.54, 1.807) is 66.6 Å². The lowest BCUT2D eigenvalue weighted by Gasteiger charge is -2.33.